The zero-order valence-corrected chi connectivity index (χ0v) is 9.01. The molecule has 0 amide bonds. The van der Waals surface area contributed by atoms with Crippen LogP contribution in [0.4, 0.5) is 0 Å². The monoisotopic (exact) mass is 185 g/mol. The van der Waals surface area contributed by atoms with Crippen LogP contribution in [-0.4, -0.2) is 26.3 Å². The molecule has 0 aliphatic carbocycles. The highest BCUT2D eigenvalue weighted by Gasteiger charge is 2.23. The van der Waals surface area contributed by atoms with E-state index in [2.05, 4.69) is 19.3 Å². The number of nitrogens with one attached hydrogen (secondary N) is 1. The van der Waals surface area contributed by atoms with E-state index in [4.69, 9.17) is 4.74 Å². The first-order valence-electron chi connectivity index (χ1n) is 5.63. The van der Waals surface area contributed by atoms with Crippen LogP contribution in [0.5, 0.6) is 0 Å². The van der Waals surface area contributed by atoms with Crippen LogP contribution < -0.4 is 5.32 Å². The quantitative estimate of drug-likeness (QED) is 0.640. The molecule has 78 valence electrons. The van der Waals surface area contributed by atoms with Gasteiger partial charge in [-0.1, -0.05) is 26.2 Å². The Kier molecular flexibility index (Phi) is 5.40. The van der Waals surface area contributed by atoms with Gasteiger partial charge < -0.3 is 10.1 Å². The third-order valence-electron chi connectivity index (χ3n) is 3.02. The van der Waals surface area contributed by atoms with Crippen molar-refractivity contribution in [1.82, 2.24) is 5.32 Å². The first-order valence-corrected chi connectivity index (χ1v) is 5.63. The molecule has 13 heavy (non-hydrogen) atoms. The third-order valence-corrected chi connectivity index (χ3v) is 3.02. The molecule has 2 atom stereocenters. The normalized spacial score (nSPS) is 24.9. The maximum absolute atomic E-state index is 5.41. The Labute approximate surface area is 82.0 Å². The predicted octanol–water partition coefficient (Wildman–Crippen LogP) is 2.19. The molecule has 0 saturated carbocycles. The van der Waals surface area contributed by atoms with E-state index in [0.29, 0.717) is 6.04 Å². The molecule has 1 aliphatic heterocycles. The summed E-state index contributed by atoms with van der Waals surface area (Å²) in [5, 5.41) is 3.42. The number of unbranched alkanes of at least 4 members (excludes halogenated alkanes) is 2. The van der Waals surface area contributed by atoms with Gasteiger partial charge in [0.15, 0.2) is 0 Å². The molecule has 0 radical (unpaired) electrons. The maximum Gasteiger partial charge on any atom is 0.0509 e. The van der Waals surface area contributed by atoms with Gasteiger partial charge >= 0.3 is 0 Å². The van der Waals surface area contributed by atoms with Gasteiger partial charge in [-0.15, -0.1) is 0 Å². The van der Waals surface area contributed by atoms with Crippen molar-refractivity contribution in [1.29, 1.82) is 0 Å². The minimum Gasteiger partial charge on any atom is -0.381 e. The van der Waals surface area contributed by atoms with E-state index in [1.54, 1.807) is 0 Å². The summed E-state index contributed by atoms with van der Waals surface area (Å²) in [5.41, 5.74) is 0. The number of rotatable bonds is 6. The van der Waals surface area contributed by atoms with E-state index in [-0.39, 0.29) is 0 Å². The summed E-state index contributed by atoms with van der Waals surface area (Å²) in [5.74, 6) is 0.766. The SMILES string of the molecule is CCCCCC(NC)C1CCOC1. The zero-order chi connectivity index (χ0) is 9.52. The van der Waals surface area contributed by atoms with Crippen molar-refractivity contribution >= 4 is 0 Å². The second kappa shape index (κ2) is 6.39. The van der Waals surface area contributed by atoms with Crippen molar-refractivity contribution < 1.29 is 4.74 Å². The van der Waals surface area contributed by atoms with Crippen LogP contribution >= 0.6 is 0 Å². The highest BCUT2D eigenvalue weighted by molar-refractivity contribution is 4.77. The fourth-order valence-electron chi connectivity index (χ4n) is 2.10. The lowest BCUT2D eigenvalue weighted by atomic mass is 9.94. The Hall–Kier alpha value is -0.0800. The van der Waals surface area contributed by atoms with Crippen LogP contribution in [0.15, 0.2) is 0 Å². The van der Waals surface area contributed by atoms with Crippen molar-refractivity contribution in [3.05, 3.63) is 0 Å². The molecule has 0 spiro atoms. The van der Waals surface area contributed by atoms with E-state index in [1.807, 2.05) is 0 Å². The van der Waals surface area contributed by atoms with Gasteiger partial charge in [-0.05, 0) is 25.8 Å². The lowest BCUT2D eigenvalue weighted by molar-refractivity contribution is 0.176. The minimum absolute atomic E-state index is 0.689. The van der Waals surface area contributed by atoms with Crippen molar-refractivity contribution in [2.45, 2.75) is 45.1 Å². The Balaban J connectivity index is 2.16. The van der Waals surface area contributed by atoms with Crippen LogP contribution in [-0.2, 0) is 4.74 Å². The molecule has 2 heteroatoms. The molecule has 1 heterocycles. The molecule has 2 nitrogen and oxygen atoms in total. The van der Waals surface area contributed by atoms with Crippen molar-refractivity contribution in [2.75, 3.05) is 20.3 Å². The van der Waals surface area contributed by atoms with Crippen LogP contribution in [0, 0.1) is 5.92 Å². The molecule has 1 fully saturated rings. The largest absolute Gasteiger partial charge is 0.381 e. The number of ether oxygens (including phenoxy) is 1. The predicted molar refractivity (Wildman–Crippen MR) is 55.9 cm³/mol. The van der Waals surface area contributed by atoms with Crippen molar-refractivity contribution in [3.8, 4) is 0 Å². The van der Waals surface area contributed by atoms with Gasteiger partial charge in [-0.25, -0.2) is 0 Å². The molecule has 0 aromatic carbocycles. The molecule has 1 N–H and O–H groups in total. The average molecular weight is 185 g/mol. The standard InChI is InChI=1S/C11H23NO/c1-3-4-5-6-11(12-2)10-7-8-13-9-10/h10-12H,3-9H2,1-2H3. The van der Waals surface area contributed by atoms with Gasteiger partial charge in [0.2, 0.25) is 0 Å². The van der Waals surface area contributed by atoms with E-state index < -0.39 is 0 Å². The summed E-state index contributed by atoms with van der Waals surface area (Å²) in [6, 6.07) is 0.689. The maximum atomic E-state index is 5.41. The lowest BCUT2D eigenvalue weighted by Crippen LogP contribution is -2.33. The summed E-state index contributed by atoms with van der Waals surface area (Å²) >= 11 is 0. The van der Waals surface area contributed by atoms with Gasteiger partial charge in [0.05, 0.1) is 6.61 Å². The van der Waals surface area contributed by atoms with Gasteiger partial charge in [0.25, 0.3) is 0 Å². The third kappa shape index (κ3) is 3.65. The van der Waals surface area contributed by atoms with Gasteiger partial charge in [-0.3, -0.25) is 0 Å². The summed E-state index contributed by atoms with van der Waals surface area (Å²) in [6.45, 7) is 4.20. The Morgan fingerprint density at radius 2 is 2.31 bits per heavy atom. The molecular formula is C11H23NO. The number of hydrogen-bond acceptors (Lipinski definition) is 2. The topological polar surface area (TPSA) is 21.3 Å². The fourth-order valence-corrected chi connectivity index (χ4v) is 2.10. The molecule has 1 rings (SSSR count). The first kappa shape index (κ1) is 11.0. The second-order valence-corrected chi connectivity index (χ2v) is 4.01. The Morgan fingerprint density at radius 3 is 2.85 bits per heavy atom. The molecular weight excluding hydrogens is 162 g/mol. The molecule has 1 saturated heterocycles. The smallest absolute Gasteiger partial charge is 0.0509 e. The Bertz CT molecular complexity index is 121. The summed E-state index contributed by atoms with van der Waals surface area (Å²) < 4.78 is 5.41. The molecule has 2 unspecified atom stereocenters. The summed E-state index contributed by atoms with van der Waals surface area (Å²) in [4.78, 5) is 0. The fraction of sp³-hybridized carbons (Fsp3) is 1.00. The van der Waals surface area contributed by atoms with E-state index >= 15 is 0 Å². The van der Waals surface area contributed by atoms with E-state index in [9.17, 15) is 0 Å². The average Bonchev–Trinajstić information content (AvgIpc) is 2.65. The first-order chi connectivity index (χ1) is 6.38. The Morgan fingerprint density at radius 1 is 1.46 bits per heavy atom. The summed E-state index contributed by atoms with van der Waals surface area (Å²) in [6.07, 6.45) is 6.61. The molecule has 0 aromatic heterocycles. The lowest BCUT2D eigenvalue weighted by Gasteiger charge is -2.21. The molecule has 1 aliphatic rings. The summed E-state index contributed by atoms with van der Waals surface area (Å²) in [7, 11) is 2.08. The van der Waals surface area contributed by atoms with Crippen LogP contribution in [0.3, 0.4) is 0 Å². The van der Waals surface area contributed by atoms with Crippen LogP contribution in [0.2, 0.25) is 0 Å². The van der Waals surface area contributed by atoms with Crippen LogP contribution in [0.25, 0.3) is 0 Å². The van der Waals surface area contributed by atoms with Crippen molar-refractivity contribution in [2.24, 2.45) is 5.92 Å². The van der Waals surface area contributed by atoms with E-state index in [0.717, 1.165) is 19.1 Å². The van der Waals surface area contributed by atoms with Gasteiger partial charge in [-0.2, -0.15) is 0 Å². The highest BCUT2D eigenvalue weighted by atomic mass is 16.5. The highest BCUT2D eigenvalue weighted by Crippen LogP contribution is 2.20. The minimum atomic E-state index is 0.689. The zero-order valence-electron chi connectivity index (χ0n) is 9.01. The number of hydrogen-bond donors (Lipinski definition) is 1. The van der Waals surface area contributed by atoms with Crippen molar-refractivity contribution in [3.63, 3.8) is 0 Å². The van der Waals surface area contributed by atoms with E-state index in [1.165, 1.54) is 32.1 Å². The second-order valence-electron chi connectivity index (χ2n) is 4.01. The van der Waals surface area contributed by atoms with Gasteiger partial charge in [0.1, 0.15) is 0 Å². The van der Waals surface area contributed by atoms with Gasteiger partial charge in [0, 0.05) is 12.6 Å². The molecule has 0 aromatic rings. The molecule has 0 bridgehead atoms. The van der Waals surface area contributed by atoms with Crippen LogP contribution in [0.1, 0.15) is 39.0 Å².